The minimum absolute atomic E-state index is 0.226. The summed E-state index contributed by atoms with van der Waals surface area (Å²) >= 11 is 0. The van der Waals surface area contributed by atoms with Gasteiger partial charge in [-0.3, -0.25) is 4.79 Å². The Morgan fingerprint density at radius 3 is 2.52 bits per heavy atom. The number of carbonyl (C=O) groups is 1. The van der Waals surface area contributed by atoms with Crippen LogP contribution in [0.1, 0.15) is 37.7 Å². The highest BCUT2D eigenvalue weighted by molar-refractivity contribution is 5.76. The summed E-state index contributed by atoms with van der Waals surface area (Å²) in [5.74, 6) is 2.63. The van der Waals surface area contributed by atoms with Gasteiger partial charge in [-0.05, 0) is 54.7 Å². The van der Waals surface area contributed by atoms with E-state index in [2.05, 4.69) is 34.5 Å². The molecule has 0 saturated heterocycles. The highest BCUT2D eigenvalue weighted by Gasteiger charge is 2.39. The third kappa shape index (κ3) is 3.39. The van der Waals surface area contributed by atoms with E-state index in [1.807, 2.05) is 14.1 Å². The molecule has 114 valence electrons. The predicted octanol–water partition coefficient (Wildman–Crippen LogP) is 3.20. The molecule has 2 fully saturated rings. The number of carbonyl (C=O) groups excluding carboxylic acids is 1. The van der Waals surface area contributed by atoms with Gasteiger partial charge in [0.25, 0.3) is 0 Å². The van der Waals surface area contributed by atoms with Crippen molar-refractivity contribution in [3.63, 3.8) is 0 Å². The molecule has 2 aliphatic rings. The van der Waals surface area contributed by atoms with Crippen LogP contribution in [-0.4, -0.2) is 20.0 Å². The van der Waals surface area contributed by atoms with E-state index in [1.165, 1.54) is 36.9 Å². The molecule has 3 nitrogen and oxygen atoms in total. The molecule has 0 spiro atoms. The summed E-state index contributed by atoms with van der Waals surface area (Å²) in [6.07, 6.45) is 6.16. The molecule has 2 aliphatic carbocycles. The molecule has 0 aromatic heterocycles. The zero-order chi connectivity index (χ0) is 14.8. The third-order valence-electron chi connectivity index (χ3n) is 5.27. The van der Waals surface area contributed by atoms with Crippen LogP contribution in [-0.2, 0) is 11.3 Å². The zero-order valence-corrected chi connectivity index (χ0v) is 13.1. The first-order valence-electron chi connectivity index (χ1n) is 8.15. The minimum Gasteiger partial charge on any atom is -0.378 e. The standard InChI is InChI=1S/C18H26N2O/c1-20(2)17-7-4-13(5-8-17)12-19-18(21)11-16-10-14-3-6-15(16)9-14/h4-5,7-8,14-16H,3,6,9-12H2,1-2H3,(H,19,21)/t14-,15-,16-/m0/s1. The molecule has 3 atom stereocenters. The van der Waals surface area contributed by atoms with E-state index in [1.54, 1.807) is 0 Å². The molecule has 3 heteroatoms. The number of amides is 1. The van der Waals surface area contributed by atoms with E-state index in [0.717, 1.165) is 18.3 Å². The van der Waals surface area contributed by atoms with Crippen LogP contribution in [0.3, 0.4) is 0 Å². The maximum absolute atomic E-state index is 12.1. The summed E-state index contributed by atoms with van der Waals surface area (Å²) in [5.41, 5.74) is 2.36. The van der Waals surface area contributed by atoms with Gasteiger partial charge in [0, 0.05) is 32.7 Å². The highest BCUT2D eigenvalue weighted by atomic mass is 16.1. The number of hydrogen-bond donors (Lipinski definition) is 1. The average Bonchev–Trinajstić information content (AvgIpc) is 3.08. The van der Waals surface area contributed by atoms with Crippen molar-refractivity contribution in [3.05, 3.63) is 29.8 Å². The number of fused-ring (bicyclic) bond motifs is 2. The number of hydrogen-bond acceptors (Lipinski definition) is 2. The van der Waals surface area contributed by atoms with Crippen LogP contribution >= 0.6 is 0 Å². The predicted molar refractivity (Wildman–Crippen MR) is 86.2 cm³/mol. The van der Waals surface area contributed by atoms with Crippen molar-refractivity contribution in [2.24, 2.45) is 17.8 Å². The molecule has 1 aromatic carbocycles. The van der Waals surface area contributed by atoms with Crippen LogP contribution in [0.25, 0.3) is 0 Å². The summed E-state index contributed by atoms with van der Waals surface area (Å²) in [6.45, 7) is 0.646. The van der Waals surface area contributed by atoms with E-state index in [0.29, 0.717) is 12.5 Å². The van der Waals surface area contributed by atoms with Crippen LogP contribution in [0, 0.1) is 17.8 Å². The zero-order valence-electron chi connectivity index (χ0n) is 13.1. The van der Waals surface area contributed by atoms with Crippen molar-refractivity contribution in [1.29, 1.82) is 0 Å². The first-order valence-corrected chi connectivity index (χ1v) is 8.15. The van der Waals surface area contributed by atoms with E-state index < -0.39 is 0 Å². The van der Waals surface area contributed by atoms with Crippen molar-refractivity contribution in [2.45, 2.75) is 38.6 Å². The van der Waals surface area contributed by atoms with Gasteiger partial charge in [0.2, 0.25) is 5.91 Å². The smallest absolute Gasteiger partial charge is 0.220 e. The first-order chi connectivity index (χ1) is 10.1. The van der Waals surface area contributed by atoms with Crippen molar-refractivity contribution in [3.8, 4) is 0 Å². The third-order valence-corrected chi connectivity index (χ3v) is 5.27. The topological polar surface area (TPSA) is 32.3 Å². The summed E-state index contributed by atoms with van der Waals surface area (Å²) < 4.78 is 0. The summed E-state index contributed by atoms with van der Waals surface area (Å²) in [4.78, 5) is 14.2. The van der Waals surface area contributed by atoms with Crippen molar-refractivity contribution >= 4 is 11.6 Å². The van der Waals surface area contributed by atoms with Gasteiger partial charge in [-0.1, -0.05) is 18.6 Å². The number of nitrogens with zero attached hydrogens (tertiary/aromatic N) is 1. The number of rotatable bonds is 5. The lowest BCUT2D eigenvalue weighted by molar-refractivity contribution is -0.122. The quantitative estimate of drug-likeness (QED) is 0.901. The van der Waals surface area contributed by atoms with E-state index >= 15 is 0 Å². The normalized spacial score (nSPS) is 26.9. The molecule has 1 aromatic rings. The van der Waals surface area contributed by atoms with Crippen molar-refractivity contribution in [1.82, 2.24) is 5.32 Å². The van der Waals surface area contributed by atoms with Gasteiger partial charge in [-0.2, -0.15) is 0 Å². The van der Waals surface area contributed by atoms with Gasteiger partial charge in [0.1, 0.15) is 0 Å². The maximum Gasteiger partial charge on any atom is 0.220 e. The number of benzene rings is 1. The fourth-order valence-corrected chi connectivity index (χ4v) is 4.05. The molecule has 2 bridgehead atoms. The van der Waals surface area contributed by atoms with Crippen molar-refractivity contribution in [2.75, 3.05) is 19.0 Å². The fourth-order valence-electron chi connectivity index (χ4n) is 4.05. The SMILES string of the molecule is CN(C)c1ccc(CNC(=O)C[C@@H]2C[C@H]3CC[C@H]2C3)cc1. The second-order valence-corrected chi connectivity index (χ2v) is 6.98. The molecular weight excluding hydrogens is 260 g/mol. The highest BCUT2D eigenvalue weighted by Crippen LogP contribution is 2.49. The number of anilines is 1. The summed E-state index contributed by atoms with van der Waals surface area (Å²) in [7, 11) is 4.07. The molecule has 1 amide bonds. The van der Waals surface area contributed by atoms with Gasteiger partial charge in [0.15, 0.2) is 0 Å². The Balaban J connectivity index is 1.45. The Bertz CT molecular complexity index is 494. The molecule has 0 heterocycles. The van der Waals surface area contributed by atoms with Gasteiger partial charge in [-0.15, -0.1) is 0 Å². The lowest BCUT2D eigenvalue weighted by atomic mass is 9.86. The Morgan fingerprint density at radius 2 is 1.95 bits per heavy atom. The van der Waals surface area contributed by atoms with Crippen LogP contribution in [0.4, 0.5) is 5.69 Å². The van der Waals surface area contributed by atoms with E-state index in [9.17, 15) is 4.79 Å². The largest absolute Gasteiger partial charge is 0.378 e. The van der Waals surface area contributed by atoms with Crippen LogP contribution in [0.2, 0.25) is 0 Å². The summed E-state index contributed by atoms with van der Waals surface area (Å²) in [5, 5.41) is 3.08. The Hall–Kier alpha value is -1.51. The second-order valence-electron chi connectivity index (χ2n) is 6.98. The maximum atomic E-state index is 12.1. The van der Waals surface area contributed by atoms with Crippen LogP contribution in [0.15, 0.2) is 24.3 Å². The minimum atomic E-state index is 0.226. The Morgan fingerprint density at radius 1 is 1.19 bits per heavy atom. The fraction of sp³-hybridized carbons (Fsp3) is 0.611. The first kappa shape index (κ1) is 14.4. The van der Waals surface area contributed by atoms with Gasteiger partial charge in [0.05, 0.1) is 0 Å². The molecule has 0 unspecified atom stereocenters. The number of nitrogens with one attached hydrogen (secondary N) is 1. The summed E-state index contributed by atoms with van der Waals surface area (Å²) in [6, 6.07) is 8.37. The lowest BCUT2D eigenvalue weighted by Crippen LogP contribution is -2.26. The van der Waals surface area contributed by atoms with Gasteiger partial charge >= 0.3 is 0 Å². The molecular formula is C18H26N2O. The second kappa shape index (κ2) is 6.08. The monoisotopic (exact) mass is 286 g/mol. The molecule has 3 rings (SSSR count). The van der Waals surface area contributed by atoms with Gasteiger partial charge in [-0.25, -0.2) is 0 Å². The van der Waals surface area contributed by atoms with E-state index in [4.69, 9.17) is 0 Å². The molecule has 0 aliphatic heterocycles. The Labute approximate surface area is 127 Å². The molecule has 1 N–H and O–H groups in total. The van der Waals surface area contributed by atoms with E-state index in [-0.39, 0.29) is 5.91 Å². The van der Waals surface area contributed by atoms with Gasteiger partial charge < -0.3 is 10.2 Å². The molecule has 21 heavy (non-hydrogen) atoms. The molecule has 2 saturated carbocycles. The van der Waals surface area contributed by atoms with Crippen molar-refractivity contribution < 1.29 is 4.79 Å². The Kier molecular flexibility index (Phi) is 4.18. The molecule has 0 radical (unpaired) electrons. The average molecular weight is 286 g/mol. The van der Waals surface area contributed by atoms with Crippen LogP contribution < -0.4 is 10.2 Å². The van der Waals surface area contributed by atoms with Crippen LogP contribution in [0.5, 0.6) is 0 Å². The lowest BCUT2D eigenvalue weighted by Gasteiger charge is -2.21.